The lowest BCUT2D eigenvalue weighted by Crippen LogP contribution is -2.28. The second-order valence-electron chi connectivity index (χ2n) is 4.11. The number of hydrogen-bond donors (Lipinski definition) is 1. The van der Waals surface area contributed by atoms with Crippen LogP contribution in [0.5, 0.6) is 0 Å². The lowest BCUT2D eigenvalue weighted by molar-refractivity contribution is 0.0580. The van der Waals surface area contributed by atoms with Gasteiger partial charge in [-0.2, -0.15) is 0 Å². The number of ether oxygens (including phenoxy) is 1. The zero-order valence-corrected chi connectivity index (χ0v) is 9.71. The van der Waals surface area contributed by atoms with E-state index >= 15 is 0 Å². The molecule has 16 heavy (non-hydrogen) atoms. The Kier molecular flexibility index (Phi) is 3.79. The number of halogens is 2. The van der Waals surface area contributed by atoms with Crippen LogP contribution in [-0.2, 0) is 4.74 Å². The molecule has 1 unspecified atom stereocenters. The lowest BCUT2D eigenvalue weighted by atomic mass is 9.87. The van der Waals surface area contributed by atoms with Crippen LogP contribution in [-0.4, -0.2) is 13.2 Å². The molecule has 88 valence electrons. The van der Waals surface area contributed by atoms with Gasteiger partial charge in [-0.1, -0.05) is 17.7 Å². The van der Waals surface area contributed by atoms with Gasteiger partial charge in [-0.15, -0.1) is 0 Å². The average Bonchev–Trinajstić information content (AvgIpc) is 2.30. The van der Waals surface area contributed by atoms with Crippen molar-refractivity contribution in [3.63, 3.8) is 0 Å². The molecule has 1 aromatic rings. The van der Waals surface area contributed by atoms with Gasteiger partial charge in [-0.3, -0.25) is 0 Å². The maximum Gasteiger partial charge on any atom is 0.129 e. The highest BCUT2D eigenvalue weighted by molar-refractivity contribution is 6.31. The summed E-state index contributed by atoms with van der Waals surface area (Å²) in [5.41, 5.74) is 6.53. The minimum absolute atomic E-state index is 0.253. The van der Waals surface area contributed by atoms with Crippen molar-refractivity contribution in [2.24, 2.45) is 11.7 Å². The van der Waals surface area contributed by atoms with Crippen LogP contribution in [0.2, 0.25) is 5.02 Å². The summed E-state index contributed by atoms with van der Waals surface area (Å²) in [6.45, 7) is 1.40. The van der Waals surface area contributed by atoms with Crippen LogP contribution in [0, 0.1) is 11.7 Å². The molecule has 1 aromatic carbocycles. The molecular weight excluding hydrogens is 229 g/mol. The van der Waals surface area contributed by atoms with E-state index in [1.165, 1.54) is 6.07 Å². The van der Waals surface area contributed by atoms with Gasteiger partial charge in [0, 0.05) is 29.8 Å². The Morgan fingerprint density at radius 3 is 2.69 bits per heavy atom. The summed E-state index contributed by atoms with van der Waals surface area (Å²) in [6, 6.07) is 4.34. The van der Waals surface area contributed by atoms with Crippen LogP contribution >= 0.6 is 11.6 Å². The quantitative estimate of drug-likeness (QED) is 0.867. The molecule has 0 saturated carbocycles. The van der Waals surface area contributed by atoms with Crippen LogP contribution in [0.3, 0.4) is 0 Å². The predicted molar refractivity (Wildman–Crippen MR) is 61.9 cm³/mol. The van der Waals surface area contributed by atoms with Gasteiger partial charge < -0.3 is 10.5 Å². The van der Waals surface area contributed by atoms with E-state index in [2.05, 4.69) is 0 Å². The molecular formula is C12H15ClFNO. The molecule has 1 heterocycles. The first-order chi connectivity index (χ1) is 7.70. The second kappa shape index (κ2) is 5.13. The largest absolute Gasteiger partial charge is 0.381 e. The maximum absolute atomic E-state index is 13.7. The van der Waals surface area contributed by atoms with Crippen molar-refractivity contribution < 1.29 is 9.13 Å². The molecule has 2 nitrogen and oxygen atoms in total. The van der Waals surface area contributed by atoms with Crippen LogP contribution in [0.4, 0.5) is 4.39 Å². The van der Waals surface area contributed by atoms with Crippen molar-refractivity contribution in [3.05, 3.63) is 34.6 Å². The van der Waals surface area contributed by atoms with E-state index in [1.54, 1.807) is 12.1 Å². The lowest BCUT2D eigenvalue weighted by Gasteiger charge is -2.28. The van der Waals surface area contributed by atoms with E-state index in [-0.39, 0.29) is 17.8 Å². The summed E-state index contributed by atoms with van der Waals surface area (Å²) in [5, 5.41) is 0.416. The Hall–Kier alpha value is -0.640. The van der Waals surface area contributed by atoms with E-state index < -0.39 is 0 Å². The maximum atomic E-state index is 13.7. The van der Waals surface area contributed by atoms with Crippen LogP contribution in [0.1, 0.15) is 24.4 Å². The molecule has 1 fully saturated rings. The first kappa shape index (κ1) is 11.8. The highest BCUT2D eigenvalue weighted by atomic mass is 35.5. The fourth-order valence-electron chi connectivity index (χ4n) is 2.14. The SMILES string of the molecule is NC(c1c(F)cccc1Cl)C1CCOCC1. The van der Waals surface area contributed by atoms with Crippen molar-refractivity contribution in [1.29, 1.82) is 0 Å². The number of hydrogen-bond acceptors (Lipinski definition) is 2. The van der Waals surface area contributed by atoms with Crippen LogP contribution < -0.4 is 5.73 Å². The summed E-state index contributed by atoms with van der Waals surface area (Å²) in [7, 11) is 0. The minimum atomic E-state index is -0.336. The van der Waals surface area contributed by atoms with E-state index in [0.717, 1.165) is 12.8 Å². The predicted octanol–water partition coefficient (Wildman–Crippen LogP) is 2.91. The molecule has 4 heteroatoms. The standard InChI is InChI=1S/C12H15ClFNO/c13-9-2-1-3-10(14)11(9)12(15)8-4-6-16-7-5-8/h1-3,8,12H,4-7,15H2. The molecule has 0 bridgehead atoms. The van der Waals surface area contributed by atoms with E-state index in [9.17, 15) is 4.39 Å². The molecule has 0 spiro atoms. The monoisotopic (exact) mass is 243 g/mol. The van der Waals surface area contributed by atoms with E-state index in [0.29, 0.717) is 23.8 Å². The van der Waals surface area contributed by atoms with Gasteiger partial charge in [0.1, 0.15) is 5.82 Å². The fourth-order valence-corrected chi connectivity index (χ4v) is 2.43. The molecule has 0 amide bonds. The fraction of sp³-hybridized carbons (Fsp3) is 0.500. The molecule has 1 atom stereocenters. The van der Waals surface area contributed by atoms with Crippen molar-refractivity contribution in [3.8, 4) is 0 Å². The Morgan fingerprint density at radius 2 is 2.06 bits per heavy atom. The molecule has 2 N–H and O–H groups in total. The van der Waals surface area contributed by atoms with E-state index in [1.807, 2.05) is 0 Å². The molecule has 1 aliphatic heterocycles. The van der Waals surface area contributed by atoms with Gasteiger partial charge in [-0.05, 0) is 30.9 Å². The summed E-state index contributed by atoms with van der Waals surface area (Å²) < 4.78 is 18.9. The Balaban J connectivity index is 2.22. The second-order valence-corrected chi connectivity index (χ2v) is 4.52. The number of nitrogens with two attached hydrogens (primary N) is 1. The topological polar surface area (TPSA) is 35.2 Å². The molecule has 0 aliphatic carbocycles. The summed E-state index contributed by atoms with van der Waals surface area (Å²) in [6.07, 6.45) is 1.73. The first-order valence-electron chi connectivity index (χ1n) is 5.47. The summed E-state index contributed by atoms with van der Waals surface area (Å²) in [5.74, 6) is -0.0605. The summed E-state index contributed by atoms with van der Waals surface area (Å²) in [4.78, 5) is 0. The van der Waals surface area contributed by atoms with Crippen molar-refractivity contribution in [2.45, 2.75) is 18.9 Å². The van der Waals surface area contributed by atoms with Crippen molar-refractivity contribution in [1.82, 2.24) is 0 Å². The van der Waals surface area contributed by atoms with Gasteiger partial charge in [-0.25, -0.2) is 4.39 Å². The third-order valence-electron chi connectivity index (χ3n) is 3.11. The van der Waals surface area contributed by atoms with Crippen LogP contribution in [0.15, 0.2) is 18.2 Å². The Morgan fingerprint density at radius 1 is 1.38 bits per heavy atom. The Bertz CT molecular complexity index is 346. The molecule has 2 rings (SSSR count). The van der Waals surface area contributed by atoms with Gasteiger partial charge >= 0.3 is 0 Å². The molecule has 1 saturated heterocycles. The zero-order chi connectivity index (χ0) is 11.5. The van der Waals surface area contributed by atoms with Gasteiger partial charge in [0.2, 0.25) is 0 Å². The minimum Gasteiger partial charge on any atom is -0.381 e. The number of rotatable bonds is 2. The first-order valence-corrected chi connectivity index (χ1v) is 5.85. The molecule has 0 aromatic heterocycles. The zero-order valence-electron chi connectivity index (χ0n) is 8.96. The van der Waals surface area contributed by atoms with Gasteiger partial charge in [0.05, 0.1) is 0 Å². The summed E-state index contributed by atoms with van der Waals surface area (Å²) >= 11 is 5.99. The normalized spacial score (nSPS) is 19.7. The third kappa shape index (κ3) is 2.37. The van der Waals surface area contributed by atoms with Crippen molar-refractivity contribution in [2.75, 3.05) is 13.2 Å². The number of benzene rings is 1. The third-order valence-corrected chi connectivity index (χ3v) is 3.44. The Labute approximate surface area is 99.5 Å². The van der Waals surface area contributed by atoms with Gasteiger partial charge in [0.15, 0.2) is 0 Å². The molecule has 1 aliphatic rings. The highest BCUT2D eigenvalue weighted by Gasteiger charge is 2.25. The van der Waals surface area contributed by atoms with Gasteiger partial charge in [0.25, 0.3) is 0 Å². The van der Waals surface area contributed by atoms with Crippen molar-refractivity contribution >= 4 is 11.6 Å². The highest BCUT2D eigenvalue weighted by Crippen LogP contribution is 2.33. The smallest absolute Gasteiger partial charge is 0.129 e. The average molecular weight is 244 g/mol. The van der Waals surface area contributed by atoms with E-state index in [4.69, 9.17) is 22.1 Å². The molecule has 0 radical (unpaired) electrons. The van der Waals surface area contributed by atoms with Crippen LogP contribution in [0.25, 0.3) is 0 Å².